The van der Waals surface area contributed by atoms with Gasteiger partial charge >= 0.3 is 0 Å². The third-order valence-electron chi connectivity index (χ3n) is 9.80. The minimum atomic E-state index is -4.35. The highest BCUT2D eigenvalue weighted by Gasteiger charge is 2.45. The van der Waals surface area contributed by atoms with Crippen molar-refractivity contribution >= 4 is 38.5 Å². The van der Waals surface area contributed by atoms with Gasteiger partial charge in [0.05, 0.1) is 24.2 Å². The van der Waals surface area contributed by atoms with Gasteiger partial charge in [0, 0.05) is 33.8 Å². The van der Waals surface area contributed by atoms with Gasteiger partial charge in [0.2, 0.25) is 5.91 Å². The van der Waals surface area contributed by atoms with Crippen LogP contribution in [0.3, 0.4) is 0 Å². The molecule has 240 valence electrons. The predicted octanol–water partition coefficient (Wildman–Crippen LogP) is 6.29. The van der Waals surface area contributed by atoms with E-state index in [0.29, 0.717) is 43.2 Å². The summed E-state index contributed by atoms with van der Waals surface area (Å²) in [6, 6.07) is 17.1. The van der Waals surface area contributed by atoms with Crippen LogP contribution in [0, 0.1) is 0 Å². The summed E-state index contributed by atoms with van der Waals surface area (Å²) in [5, 5.41) is 6.97. The van der Waals surface area contributed by atoms with Crippen LogP contribution < -0.4 is 20.1 Å². The number of hydrogen-bond donors (Lipinski definition) is 3. The molecule has 0 unspecified atom stereocenters. The van der Waals surface area contributed by atoms with Gasteiger partial charge < -0.3 is 24.7 Å². The quantitative estimate of drug-likeness (QED) is 0.201. The van der Waals surface area contributed by atoms with E-state index < -0.39 is 15.7 Å². The van der Waals surface area contributed by atoms with Crippen molar-refractivity contribution < 1.29 is 32.0 Å². The fraction of sp³-hybridized carbons (Fsp3) is 0.371. The highest BCUT2D eigenvalue weighted by atomic mass is 32.2. The van der Waals surface area contributed by atoms with Crippen LogP contribution in [0.5, 0.6) is 11.5 Å². The molecular weight excluding hydrogens is 606 g/mol. The van der Waals surface area contributed by atoms with E-state index in [0.717, 1.165) is 52.9 Å². The molecule has 2 amide bonds. The summed E-state index contributed by atoms with van der Waals surface area (Å²) < 4.78 is 46.0. The number of rotatable bonds is 7. The molecule has 4 aromatic rings. The Hall–Kier alpha value is -4.35. The molecule has 0 radical (unpaired) electrons. The summed E-state index contributed by atoms with van der Waals surface area (Å²) in [5.74, 6) is 1.25. The van der Waals surface area contributed by atoms with Crippen molar-refractivity contribution in [1.82, 2.24) is 9.88 Å². The number of carbonyl (C=O) groups is 2. The zero-order chi connectivity index (χ0) is 32.1. The minimum absolute atomic E-state index is 0.266. The molecule has 46 heavy (non-hydrogen) atoms. The fourth-order valence-electron chi connectivity index (χ4n) is 7.23. The predicted molar refractivity (Wildman–Crippen MR) is 174 cm³/mol. The second-order valence-electron chi connectivity index (χ2n) is 12.5. The average Bonchev–Trinajstić information content (AvgIpc) is 3.23. The van der Waals surface area contributed by atoms with Gasteiger partial charge in [0.25, 0.3) is 16.0 Å². The first-order chi connectivity index (χ1) is 22.2. The average molecular weight is 644 g/mol. The first kappa shape index (κ1) is 30.3. The summed E-state index contributed by atoms with van der Waals surface area (Å²) in [7, 11) is -2.70. The van der Waals surface area contributed by atoms with Crippen molar-refractivity contribution in [2.45, 2.75) is 74.3 Å². The first-order valence-electron chi connectivity index (χ1n) is 15.9. The lowest BCUT2D eigenvalue weighted by molar-refractivity contribution is -0.125. The molecule has 0 atom stereocenters. The van der Waals surface area contributed by atoms with Crippen LogP contribution in [0.15, 0.2) is 65.6 Å². The van der Waals surface area contributed by atoms with E-state index in [1.807, 2.05) is 24.3 Å². The third kappa shape index (κ3) is 5.41. The maximum Gasteiger partial charge on any atom is 0.294 e. The van der Waals surface area contributed by atoms with Crippen molar-refractivity contribution in [2.24, 2.45) is 0 Å². The van der Waals surface area contributed by atoms with Crippen molar-refractivity contribution in [3.63, 3.8) is 0 Å². The summed E-state index contributed by atoms with van der Waals surface area (Å²) in [6.07, 6.45) is 7.63. The van der Waals surface area contributed by atoms with Crippen LogP contribution in [-0.4, -0.2) is 48.6 Å². The standard InChI is InChI=1S/C35H37N3O7S/c1-44-25-11-15-28-30(21-25)45-19-18-38-29-20-23(8-14-27(29)31(32(28)38)22-6-3-2-4-7-22)33(39)37-35(16-5-17-35)34(40)36-24-9-12-26(13-10-24)46(41,42)43/h8-15,20-22H,2-7,16-19H2,1H3,(H,36,40)(H,37,39)(H,41,42,43). The number of ether oxygens (including phenoxy) is 2. The van der Waals surface area contributed by atoms with E-state index in [1.54, 1.807) is 7.11 Å². The number of fused-ring (bicyclic) bond motifs is 5. The number of carbonyl (C=O) groups excluding carboxylic acids is 2. The van der Waals surface area contributed by atoms with E-state index >= 15 is 0 Å². The molecule has 3 aliphatic rings. The Morgan fingerprint density at radius 3 is 2.41 bits per heavy atom. The Morgan fingerprint density at radius 1 is 0.978 bits per heavy atom. The Labute approximate surface area is 267 Å². The highest BCUT2D eigenvalue weighted by molar-refractivity contribution is 7.85. The van der Waals surface area contributed by atoms with Gasteiger partial charge in [-0.3, -0.25) is 14.1 Å². The van der Waals surface area contributed by atoms with E-state index in [4.69, 9.17) is 9.47 Å². The summed E-state index contributed by atoms with van der Waals surface area (Å²) in [5.41, 5.74) is 4.21. The molecule has 0 saturated heterocycles. The topological polar surface area (TPSA) is 136 Å². The number of nitrogens with one attached hydrogen (secondary N) is 2. The van der Waals surface area contributed by atoms with Gasteiger partial charge in [-0.1, -0.05) is 25.3 Å². The molecule has 10 nitrogen and oxygen atoms in total. The zero-order valence-electron chi connectivity index (χ0n) is 25.7. The largest absolute Gasteiger partial charge is 0.497 e. The van der Waals surface area contributed by atoms with E-state index in [9.17, 15) is 22.6 Å². The second-order valence-corrected chi connectivity index (χ2v) is 14.0. The summed E-state index contributed by atoms with van der Waals surface area (Å²) in [6.45, 7) is 1.11. The Morgan fingerprint density at radius 2 is 1.74 bits per heavy atom. The van der Waals surface area contributed by atoms with Gasteiger partial charge in [-0.05, 0) is 92.1 Å². The number of anilines is 1. The molecular formula is C35H37N3O7S. The third-order valence-corrected chi connectivity index (χ3v) is 10.7. The number of amides is 2. The van der Waals surface area contributed by atoms with Crippen molar-refractivity contribution in [3.05, 3.63) is 71.8 Å². The van der Waals surface area contributed by atoms with E-state index in [-0.39, 0.29) is 16.7 Å². The molecule has 1 aliphatic heterocycles. The molecule has 1 aromatic heterocycles. The Bertz CT molecular complexity index is 1940. The number of nitrogens with zero attached hydrogens (tertiary/aromatic N) is 1. The van der Waals surface area contributed by atoms with Gasteiger partial charge in [-0.2, -0.15) is 8.42 Å². The van der Waals surface area contributed by atoms with Gasteiger partial charge in [0.1, 0.15) is 23.6 Å². The second kappa shape index (κ2) is 11.8. The lowest BCUT2D eigenvalue weighted by atomic mass is 9.75. The van der Waals surface area contributed by atoms with Crippen molar-refractivity contribution in [2.75, 3.05) is 19.0 Å². The van der Waals surface area contributed by atoms with Crippen LogP contribution in [0.4, 0.5) is 5.69 Å². The van der Waals surface area contributed by atoms with Crippen LogP contribution in [0.2, 0.25) is 0 Å². The molecule has 11 heteroatoms. The summed E-state index contributed by atoms with van der Waals surface area (Å²) >= 11 is 0. The van der Waals surface area contributed by atoms with Gasteiger partial charge in [-0.15, -0.1) is 0 Å². The molecule has 0 bridgehead atoms. The first-order valence-corrected chi connectivity index (χ1v) is 17.3. The van der Waals surface area contributed by atoms with E-state index in [1.165, 1.54) is 49.1 Å². The molecule has 3 aromatic carbocycles. The number of methoxy groups -OCH3 is 1. The number of hydrogen-bond acceptors (Lipinski definition) is 6. The molecule has 0 spiro atoms. The summed E-state index contributed by atoms with van der Waals surface area (Å²) in [4.78, 5) is 27.0. The maximum absolute atomic E-state index is 13.8. The Balaban J connectivity index is 1.22. The van der Waals surface area contributed by atoms with Crippen LogP contribution >= 0.6 is 0 Å². The van der Waals surface area contributed by atoms with Gasteiger partial charge in [-0.25, -0.2) is 0 Å². The van der Waals surface area contributed by atoms with Crippen LogP contribution in [-0.2, 0) is 21.5 Å². The normalized spacial score (nSPS) is 17.5. The van der Waals surface area contributed by atoms with Gasteiger partial charge in [0.15, 0.2) is 0 Å². The van der Waals surface area contributed by atoms with E-state index in [2.05, 4.69) is 27.3 Å². The molecule has 2 fully saturated rings. The van der Waals surface area contributed by atoms with Crippen molar-refractivity contribution in [1.29, 1.82) is 0 Å². The maximum atomic E-state index is 13.8. The highest BCUT2D eigenvalue weighted by Crippen LogP contribution is 2.48. The number of aromatic nitrogens is 1. The van der Waals surface area contributed by atoms with Crippen LogP contribution in [0.1, 0.15) is 73.2 Å². The number of benzene rings is 3. The van der Waals surface area contributed by atoms with Crippen molar-refractivity contribution in [3.8, 4) is 22.8 Å². The Kier molecular flexibility index (Phi) is 7.76. The smallest absolute Gasteiger partial charge is 0.294 e. The molecule has 2 aliphatic carbocycles. The molecule has 3 N–H and O–H groups in total. The minimum Gasteiger partial charge on any atom is -0.497 e. The zero-order valence-corrected chi connectivity index (χ0v) is 26.5. The fourth-order valence-corrected chi connectivity index (χ4v) is 7.71. The monoisotopic (exact) mass is 643 g/mol. The lowest BCUT2D eigenvalue weighted by Crippen LogP contribution is -2.61. The SMILES string of the molecule is COc1ccc2c(c1)OCCn1c-2c(C2CCCCC2)c2ccc(C(=O)NC3(C(=O)Nc4ccc(S(=O)(=O)O)cc4)CCC3)cc21. The molecule has 2 saturated carbocycles. The molecule has 7 rings (SSSR count). The lowest BCUT2D eigenvalue weighted by Gasteiger charge is -2.40. The molecule has 2 heterocycles. The van der Waals surface area contributed by atoms with Crippen LogP contribution in [0.25, 0.3) is 22.2 Å².